The van der Waals surface area contributed by atoms with Crippen molar-refractivity contribution in [3.05, 3.63) is 60.6 Å². The Bertz CT molecular complexity index is 1220. The Morgan fingerprint density at radius 1 is 1.09 bits per heavy atom. The fourth-order valence-electron chi connectivity index (χ4n) is 3.49. The maximum Gasteiger partial charge on any atom is 0.329 e. The predicted molar refractivity (Wildman–Crippen MR) is 123 cm³/mol. The molecule has 4 aromatic rings. The van der Waals surface area contributed by atoms with Crippen LogP contribution in [0.1, 0.15) is 19.4 Å². The summed E-state index contributed by atoms with van der Waals surface area (Å²) in [6.45, 7) is 4.25. The lowest BCUT2D eigenvalue weighted by molar-refractivity contribution is -0.142. The molecule has 0 aliphatic carbocycles. The van der Waals surface area contributed by atoms with Gasteiger partial charge in [0, 0.05) is 17.7 Å². The predicted octanol–water partition coefficient (Wildman–Crippen LogP) is 4.63. The molecular formula is C25H25N3O5. The number of hydrogen-bond acceptors (Lipinski definition) is 7. The highest BCUT2D eigenvalue weighted by Gasteiger charge is 2.24. The van der Waals surface area contributed by atoms with Crippen LogP contribution in [0.5, 0.6) is 5.88 Å². The van der Waals surface area contributed by atoms with Gasteiger partial charge in [-0.15, -0.1) is 0 Å². The molecule has 0 amide bonds. The molecule has 1 N–H and O–H groups in total. The maximum absolute atomic E-state index is 10.6. The lowest BCUT2D eigenvalue weighted by atomic mass is 9.99. The molecule has 0 aliphatic heterocycles. The number of carbonyl (C=O) groups is 1. The van der Waals surface area contributed by atoms with E-state index in [0.717, 1.165) is 17.5 Å². The zero-order valence-corrected chi connectivity index (χ0v) is 18.5. The monoisotopic (exact) mass is 447 g/mol. The first kappa shape index (κ1) is 22.4. The number of ether oxygens (including phenoxy) is 2. The van der Waals surface area contributed by atoms with Crippen LogP contribution in [0.15, 0.2) is 59.4 Å². The van der Waals surface area contributed by atoms with E-state index in [1.807, 2.05) is 25.1 Å². The van der Waals surface area contributed by atoms with E-state index in [1.165, 1.54) is 11.9 Å². The van der Waals surface area contributed by atoms with Crippen molar-refractivity contribution in [3.63, 3.8) is 0 Å². The minimum atomic E-state index is -1.00. The van der Waals surface area contributed by atoms with E-state index in [4.69, 9.17) is 19.0 Å². The molecule has 0 radical (unpaired) electrons. The Labute approximate surface area is 191 Å². The summed E-state index contributed by atoms with van der Waals surface area (Å²) in [5.74, 6) is -0.0488. The van der Waals surface area contributed by atoms with Crippen LogP contribution in [-0.4, -0.2) is 45.8 Å². The molecule has 4 rings (SSSR count). The molecule has 0 fully saturated rings. The summed E-state index contributed by atoms with van der Waals surface area (Å²) in [6.07, 6.45) is 4.06. The minimum absolute atomic E-state index is 0.0381. The molecule has 1 aromatic carbocycles. The molecule has 170 valence electrons. The summed E-state index contributed by atoms with van der Waals surface area (Å²) in [5.41, 5.74) is 4.09. The normalized spacial score (nSPS) is 12.1. The third-order valence-electron chi connectivity index (χ3n) is 5.13. The molecule has 3 heterocycles. The van der Waals surface area contributed by atoms with Gasteiger partial charge >= 0.3 is 5.97 Å². The van der Waals surface area contributed by atoms with Gasteiger partial charge in [-0.2, -0.15) is 0 Å². The summed E-state index contributed by atoms with van der Waals surface area (Å²) >= 11 is 0. The lowest BCUT2D eigenvalue weighted by Crippen LogP contribution is -2.18. The van der Waals surface area contributed by atoms with Gasteiger partial charge in [0.25, 0.3) is 0 Å². The Balaban J connectivity index is 1.73. The molecule has 1 unspecified atom stereocenters. The fourth-order valence-corrected chi connectivity index (χ4v) is 3.49. The topological polar surface area (TPSA) is 108 Å². The van der Waals surface area contributed by atoms with Gasteiger partial charge < -0.3 is 19.0 Å². The molecule has 0 saturated carbocycles. The number of fused-ring (bicyclic) bond motifs is 1. The van der Waals surface area contributed by atoms with E-state index in [1.54, 1.807) is 6.20 Å². The zero-order chi connectivity index (χ0) is 23.2. The van der Waals surface area contributed by atoms with Crippen molar-refractivity contribution in [2.24, 2.45) is 5.92 Å². The molecule has 1 atom stereocenters. The number of pyridine rings is 1. The SMILES string of the molecule is CCc1ccc(-c2c(-c3ccccn3)oc3ncnc(OCC(C)COCC(=O)O)c23)cc1. The highest BCUT2D eigenvalue weighted by atomic mass is 16.5. The van der Waals surface area contributed by atoms with Crippen LogP contribution >= 0.6 is 0 Å². The van der Waals surface area contributed by atoms with Crippen LogP contribution in [-0.2, 0) is 16.0 Å². The van der Waals surface area contributed by atoms with Crippen LogP contribution < -0.4 is 4.74 Å². The summed E-state index contributed by atoms with van der Waals surface area (Å²) in [5, 5.41) is 9.40. The van der Waals surface area contributed by atoms with Gasteiger partial charge in [0.2, 0.25) is 11.6 Å². The molecule has 0 saturated heterocycles. The van der Waals surface area contributed by atoms with Crippen LogP contribution in [0.2, 0.25) is 0 Å². The average molecular weight is 447 g/mol. The highest BCUT2D eigenvalue weighted by Crippen LogP contribution is 2.42. The largest absolute Gasteiger partial charge is 0.480 e. The minimum Gasteiger partial charge on any atom is -0.480 e. The molecule has 0 bridgehead atoms. The van der Waals surface area contributed by atoms with E-state index < -0.39 is 5.97 Å². The first-order valence-corrected chi connectivity index (χ1v) is 10.8. The Hall–Kier alpha value is -3.78. The summed E-state index contributed by atoms with van der Waals surface area (Å²) in [7, 11) is 0. The third-order valence-corrected chi connectivity index (χ3v) is 5.13. The van der Waals surface area contributed by atoms with Crippen molar-refractivity contribution in [2.45, 2.75) is 20.3 Å². The number of aromatic nitrogens is 3. The van der Waals surface area contributed by atoms with Crippen molar-refractivity contribution in [3.8, 4) is 28.5 Å². The number of furan rings is 1. The quantitative estimate of drug-likeness (QED) is 0.375. The fraction of sp³-hybridized carbons (Fsp3) is 0.280. The van der Waals surface area contributed by atoms with Gasteiger partial charge in [-0.3, -0.25) is 4.98 Å². The van der Waals surface area contributed by atoms with Gasteiger partial charge in [0.15, 0.2) is 5.76 Å². The first-order valence-electron chi connectivity index (χ1n) is 10.8. The molecular weight excluding hydrogens is 422 g/mol. The molecule has 8 nitrogen and oxygen atoms in total. The Morgan fingerprint density at radius 3 is 2.61 bits per heavy atom. The number of aliphatic carboxylic acids is 1. The number of carboxylic acids is 1. The number of carboxylic acid groups (broad SMARTS) is 1. The van der Waals surface area contributed by atoms with Crippen molar-refractivity contribution in [1.82, 2.24) is 15.0 Å². The van der Waals surface area contributed by atoms with Crippen LogP contribution in [0.25, 0.3) is 33.7 Å². The van der Waals surface area contributed by atoms with Crippen LogP contribution in [0.3, 0.4) is 0 Å². The van der Waals surface area contributed by atoms with Crippen molar-refractivity contribution in [2.75, 3.05) is 19.8 Å². The van der Waals surface area contributed by atoms with Crippen LogP contribution in [0, 0.1) is 5.92 Å². The molecule has 3 aromatic heterocycles. The average Bonchev–Trinajstić information content (AvgIpc) is 3.23. The van der Waals surface area contributed by atoms with Gasteiger partial charge in [0.05, 0.1) is 13.2 Å². The second-order valence-electron chi connectivity index (χ2n) is 7.76. The highest BCUT2D eigenvalue weighted by molar-refractivity contribution is 6.02. The van der Waals surface area contributed by atoms with Crippen LogP contribution in [0.4, 0.5) is 0 Å². The maximum atomic E-state index is 10.6. The van der Waals surface area contributed by atoms with E-state index >= 15 is 0 Å². The van der Waals surface area contributed by atoms with Crippen molar-refractivity contribution in [1.29, 1.82) is 0 Å². The second kappa shape index (κ2) is 10.2. The first-order chi connectivity index (χ1) is 16.1. The Kier molecular flexibility index (Phi) is 6.95. The van der Waals surface area contributed by atoms with Gasteiger partial charge in [-0.1, -0.05) is 44.2 Å². The zero-order valence-electron chi connectivity index (χ0n) is 18.5. The van der Waals surface area contributed by atoms with Gasteiger partial charge in [0.1, 0.15) is 24.0 Å². The van der Waals surface area contributed by atoms with E-state index in [9.17, 15) is 4.79 Å². The smallest absolute Gasteiger partial charge is 0.329 e. The number of benzene rings is 1. The van der Waals surface area contributed by atoms with E-state index in [2.05, 4.69) is 46.1 Å². The standard InChI is InChI=1S/C25H25N3O5/c1-3-17-7-9-18(10-8-17)21-22-24(32-13-16(2)12-31-14-20(29)30)27-15-28-25(22)33-23(21)19-6-4-5-11-26-19/h4-11,15-16H,3,12-14H2,1-2H3,(H,29,30). The molecule has 0 spiro atoms. The summed E-state index contributed by atoms with van der Waals surface area (Å²) in [6, 6.07) is 13.9. The second-order valence-corrected chi connectivity index (χ2v) is 7.76. The molecule has 8 heteroatoms. The summed E-state index contributed by atoms with van der Waals surface area (Å²) < 4.78 is 17.4. The molecule has 33 heavy (non-hydrogen) atoms. The number of rotatable bonds is 10. The number of aryl methyl sites for hydroxylation is 1. The number of hydrogen-bond donors (Lipinski definition) is 1. The summed E-state index contributed by atoms with van der Waals surface area (Å²) in [4.78, 5) is 23.8. The van der Waals surface area contributed by atoms with Gasteiger partial charge in [-0.25, -0.2) is 14.8 Å². The van der Waals surface area contributed by atoms with Crippen molar-refractivity contribution >= 4 is 17.1 Å². The Morgan fingerprint density at radius 2 is 1.91 bits per heavy atom. The third kappa shape index (κ3) is 5.18. The van der Waals surface area contributed by atoms with E-state index in [-0.39, 0.29) is 19.1 Å². The van der Waals surface area contributed by atoms with Crippen molar-refractivity contribution < 1.29 is 23.8 Å². The van der Waals surface area contributed by atoms with E-state index in [0.29, 0.717) is 35.0 Å². The number of nitrogens with zero attached hydrogens (tertiary/aromatic N) is 3. The molecule has 0 aliphatic rings. The lowest BCUT2D eigenvalue weighted by Gasteiger charge is -2.13. The van der Waals surface area contributed by atoms with Gasteiger partial charge in [-0.05, 0) is 29.7 Å².